The maximum atomic E-state index is 13.3. The van der Waals surface area contributed by atoms with Crippen LogP contribution in [0.15, 0.2) is 35.5 Å². The number of aliphatic hydroxyl groups is 1. The monoisotopic (exact) mass is 514 g/mol. The number of nitro groups is 1. The van der Waals surface area contributed by atoms with Gasteiger partial charge in [-0.25, -0.2) is 9.59 Å². The van der Waals surface area contributed by atoms with Gasteiger partial charge < -0.3 is 19.6 Å². The van der Waals surface area contributed by atoms with Crippen LogP contribution in [-0.2, 0) is 19.1 Å². The SMILES string of the molecule is C[C@@H](O)C1C(=O)N2C(C(=O)OC(=O)c3ccc([N+](=O)[O-])cc3)=C(CN3CC[C@H](C(=O)N(C)C)C3)[C@H](C)[C@H]12. The largest absolute Gasteiger partial charge is 0.393 e. The van der Waals surface area contributed by atoms with E-state index in [9.17, 15) is 34.4 Å². The van der Waals surface area contributed by atoms with E-state index in [2.05, 4.69) is 0 Å². The lowest BCUT2D eigenvalue weighted by molar-refractivity contribution is -0.384. The summed E-state index contributed by atoms with van der Waals surface area (Å²) in [6.07, 6.45) is -0.247. The summed E-state index contributed by atoms with van der Waals surface area (Å²) in [5.74, 6) is -3.52. The van der Waals surface area contributed by atoms with Crippen molar-refractivity contribution in [2.75, 3.05) is 33.7 Å². The number of esters is 2. The molecule has 3 aliphatic heterocycles. The maximum absolute atomic E-state index is 13.3. The summed E-state index contributed by atoms with van der Waals surface area (Å²) in [7, 11) is 3.41. The quantitative estimate of drug-likeness (QED) is 0.183. The van der Waals surface area contributed by atoms with Gasteiger partial charge in [-0.15, -0.1) is 0 Å². The number of non-ortho nitro benzene ring substituents is 1. The highest BCUT2D eigenvalue weighted by Crippen LogP contribution is 2.47. The summed E-state index contributed by atoms with van der Waals surface area (Å²) in [6, 6.07) is 4.19. The first-order valence-electron chi connectivity index (χ1n) is 12.1. The average Bonchev–Trinajstić information content (AvgIpc) is 3.40. The molecule has 2 amide bonds. The van der Waals surface area contributed by atoms with E-state index in [0.717, 1.165) is 12.1 Å². The molecule has 2 saturated heterocycles. The van der Waals surface area contributed by atoms with Crippen LogP contribution in [0.1, 0.15) is 30.6 Å². The minimum atomic E-state index is -0.999. The number of nitro benzene ring substituents is 1. The first-order valence-corrected chi connectivity index (χ1v) is 12.1. The smallest absolute Gasteiger partial charge is 0.362 e. The molecular formula is C25H30N4O8. The van der Waals surface area contributed by atoms with Gasteiger partial charge in [0.15, 0.2) is 0 Å². The van der Waals surface area contributed by atoms with Crippen molar-refractivity contribution < 1.29 is 33.9 Å². The van der Waals surface area contributed by atoms with Gasteiger partial charge in [0.25, 0.3) is 5.69 Å². The van der Waals surface area contributed by atoms with Crippen molar-refractivity contribution in [1.29, 1.82) is 0 Å². The lowest BCUT2D eigenvalue weighted by Crippen LogP contribution is -2.63. The molecule has 0 spiro atoms. The zero-order valence-corrected chi connectivity index (χ0v) is 21.1. The van der Waals surface area contributed by atoms with Gasteiger partial charge in [-0.05, 0) is 37.6 Å². The summed E-state index contributed by atoms with van der Waals surface area (Å²) < 4.78 is 5.11. The average molecular weight is 515 g/mol. The van der Waals surface area contributed by atoms with Crippen molar-refractivity contribution in [3.63, 3.8) is 0 Å². The van der Waals surface area contributed by atoms with Crippen molar-refractivity contribution in [2.45, 2.75) is 32.4 Å². The number of benzene rings is 1. The molecule has 0 aromatic heterocycles. The van der Waals surface area contributed by atoms with E-state index in [-0.39, 0.29) is 34.7 Å². The molecule has 0 aliphatic carbocycles. The highest BCUT2D eigenvalue weighted by Gasteiger charge is 2.60. The maximum Gasteiger partial charge on any atom is 0.362 e. The van der Waals surface area contributed by atoms with E-state index in [4.69, 9.17) is 4.74 Å². The van der Waals surface area contributed by atoms with Crippen LogP contribution in [-0.4, -0.2) is 94.4 Å². The van der Waals surface area contributed by atoms with Crippen LogP contribution in [0.2, 0.25) is 0 Å². The zero-order chi connectivity index (χ0) is 27.2. The molecule has 37 heavy (non-hydrogen) atoms. The molecule has 1 unspecified atom stereocenters. The van der Waals surface area contributed by atoms with Crippen LogP contribution in [0.3, 0.4) is 0 Å². The molecule has 1 N–H and O–H groups in total. The Balaban J connectivity index is 1.58. The minimum absolute atomic E-state index is 0.0166. The van der Waals surface area contributed by atoms with Crippen LogP contribution in [0, 0.1) is 27.9 Å². The Morgan fingerprint density at radius 1 is 1.22 bits per heavy atom. The number of likely N-dealkylation sites (tertiary alicyclic amines) is 1. The molecule has 1 aromatic carbocycles. The third-order valence-electron chi connectivity index (χ3n) is 7.46. The number of amides is 2. The fraction of sp³-hybridized carbons (Fsp3) is 0.520. The third-order valence-corrected chi connectivity index (χ3v) is 7.46. The number of hydrogen-bond donors (Lipinski definition) is 1. The Hall–Kier alpha value is -3.64. The number of carbonyl (C=O) groups excluding carboxylic acids is 4. The number of ether oxygens (including phenoxy) is 1. The number of fused-ring (bicyclic) bond motifs is 1. The Morgan fingerprint density at radius 2 is 1.86 bits per heavy atom. The van der Waals surface area contributed by atoms with Crippen molar-refractivity contribution >= 4 is 29.4 Å². The van der Waals surface area contributed by atoms with Gasteiger partial charge in [-0.1, -0.05) is 6.92 Å². The van der Waals surface area contributed by atoms with E-state index in [0.29, 0.717) is 31.6 Å². The normalized spacial score (nSPS) is 26.0. The molecule has 12 heteroatoms. The Kier molecular flexibility index (Phi) is 7.16. The van der Waals surface area contributed by atoms with Gasteiger partial charge in [0.1, 0.15) is 5.70 Å². The number of nitrogens with zero attached hydrogens (tertiary/aromatic N) is 4. The fourth-order valence-corrected chi connectivity index (χ4v) is 5.54. The van der Waals surface area contributed by atoms with E-state index < -0.39 is 40.8 Å². The molecule has 2 fully saturated rings. The second kappa shape index (κ2) is 10.0. The number of hydrogen-bond acceptors (Lipinski definition) is 9. The van der Waals surface area contributed by atoms with Gasteiger partial charge in [0.05, 0.1) is 34.5 Å². The van der Waals surface area contributed by atoms with E-state index in [1.807, 2.05) is 11.8 Å². The Labute approximate surface area is 213 Å². The van der Waals surface area contributed by atoms with E-state index in [1.165, 1.54) is 24.0 Å². The number of β-lactam (4-membered cyclic amide) rings is 1. The first kappa shape index (κ1) is 26.4. The Bertz CT molecular complexity index is 1180. The van der Waals surface area contributed by atoms with Crippen LogP contribution in [0.5, 0.6) is 0 Å². The summed E-state index contributed by atoms with van der Waals surface area (Å²) in [4.78, 5) is 66.4. The van der Waals surface area contributed by atoms with Crippen molar-refractivity contribution in [1.82, 2.24) is 14.7 Å². The molecule has 3 aliphatic rings. The summed E-state index contributed by atoms with van der Waals surface area (Å²) >= 11 is 0. The highest BCUT2D eigenvalue weighted by atomic mass is 16.6. The minimum Gasteiger partial charge on any atom is -0.393 e. The van der Waals surface area contributed by atoms with Crippen molar-refractivity contribution in [2.24, 2.45) is 17.8 Å². The van der Waals surface area contributed by atoms with Crippen LogP contribution >= 0.6 is 0 Å². The summed E-state index contributed by atoms with van der Waals surface area (Å²) in [6.45, 7) is 4.82. The van der Waals surface area contributed by atoms with Crippen LogP contribution in [0.4, 0.5) is 5.69 Å². The fourth-order valence-electron chi connectivity index (χ4n) is 5.54. The lowest BCUT2D eigenvalue weighted by Gasteiger charge is -2.46. The van der Waals surface area contributed by atoms with Gasteiger partial charge in [-0.3, -0.25) is 24.6 Å². The molecular weight excluding hydrogens is 484 g/mol. The molecule has 0 bridgehead atoms. The molecule has 198 valence electrons. The highest BCUT2D eigenvalue weighted by molar-refractivity contribution is 6.06. The predicted molar refractivity (Wildman–Crippen MR) is 129 cm³/mol. The number of carbonyl (C=O) groups is 4. The van der Waals surface area contributed by atoms with Gasteiger partial charge in [-0.2, -0.15) is 0 Å². The first-order chi connectivity index (χ1) is 17.4. The van der Waals surface area contributed by atoms with Crippen molar-refractivity contribution in [3.05, 3.63) is 51.2 Å². The Morgan fingerprint density at radius 3 is 2.43 bits per heavy atom. The molecule has 12 nitrogen and oxygen atoms in total. The molecule has 1 aromatic rings. The number of rotatable bonds is 7. The molecule has 4 rings (SSSR count). The number of aliphatic hydroxyl groups excluding tert-OH is 1. The second-order valence-corrected chi connectivity index (χ2v) is 10.1. The van der Waals surface area contributed by atoms with E-state index in [1.54, 1.807) is 19.0 Å². The van der Waals surface area contributed by atoms with Gasteiger partial charge >= 0.3 is 11.9 Å². The van der Waals surface area contributed by atoms with Crippen LogP contribution < -0.4 is 0 Å². The standard InChI is InChI=1S/C25H30N4O8/c1-13-18(12-27-10-9-16(11-27)22(31)26(3)4)21(28-20(13)19(14(2)30)23(28)32)25(34)37-24(33)15-5-7-17(8-6-15)29(35)36/h5-8,13-14,16,19-20,30H,9-12H2,1-4H3/t13-,14+,16-,19?,20+/m0/s1. The molecule has 5 atom stereocenters. The van der Waals surface area contributed by atoms with Crippen LogP contribution in [0.25, 0.3) is 0 Å². The molecule has 0 saturated carbocycles. The third kappa shape index (κ3) is 4.74. The lowest BCUT2D eigenvalue weighted by atomic mass is 9.77. The van der Waals surface area contributed by atoms with Gasteiger partial charge in [0.2, 0.25) is 11.8 Å². The predicted octanol–water partition coefficient (Wildman–Crippen LogP) is 0.800. The topological polar surface area (TPSA) is 151 Å². The van der Waals surface area contributed by atoms with E-state index >= 15 is 0 Å². The second-order valence-electron chi connectivity index (χ2n) is 10.1. The molecule has 3 heterocycles. The van der Waals surface area contributed by atoms with Crippen molar-refractivity contribution in [3.8, 4) is 0 Å². The van der Waals surface area contributed by atoms with Gasteiger partial charge in [0, 0.05) is 45.2 Å². The zero-order valence-electron chi connectivity index (χ0n) is 21.1. The molecule has 0 radical (unpaired) electrons. The summed E-state index contributed by atoms with van der Waals surface area (Å²) in [5, 5.41) is 21.0. The summed E-state index contributed by atoms with van der Waals surface area (Å²) in [5.41, 5.74) is 0.329.